The zero-order valence-electron chi connectivity index (χ0n) is 18.4. The SMILES string of the molecule is C=C(C)[C@@H]1CCC(C)=C[C@H]1c1c(O)cc(CCCCC)cc1OC(=S)OCC1CO1. The molecule has 4 nitrogen and oxygen atoms in total. The maximum absolute atomic E-state index is 11.1. The Morgan fingerprint density at radius 3 is 2.77 bits per heavy atom. The molecule has 0 spiro atoms. The number of benzene rings is 1. The van der Waals surface area contributed by atoms with Crippen LogP contribution in [-0.2, 0) is 15.9 Å². The molecule has 0 aromatic heterocycles. The second-order valence-corrected chi connectivity index (χ2v) is 8.97. The summed E-state index contributed by atoms with van der Waals surface area (Å²) in [5.41, 5.74) is 4.26. The van der Waals surface area contributed by atoms with Crippen LogP contribution in [0.25, 0.3) is 0 Å². The number of rotatable bonds is 9. The Bertz CT molecular complexity index is 810. The van der Waals surface area contributed by atoms with Crippen molar-refractivity contribution in [3.05, 3.63) is 47.1 Å². The first-order valence-corrected chi connectivity index (χ1v) is 11.4. The van der Waals surface area contributed by atoms with E-state index in [9.17, 15) is 5.11 Å². The fraction of sp³-hybridized carbons (Fsp3) is 0.560. The second-order valence-electron chi connectivity index (χ2n) is 8.63. The summed E-state index contributed by atoms with van der Waals surface area (Å²) in [4.78, 5) is 0. The van der Waals surface area contributed by atoms with Crippen molar-refractivity contribution in [2.24, 2.45) is 5.92 Å². The van der Waals surface area contributed by atoms with Crippen molar-refractivity contribution in [2.75, 3.05) is 13.2 Å². The molecule has 1 aliphatic carbocycles. The molecule has 3 rings (SSSR count). The third kappa shape index (κ3) is 6.08. The molecule has 0 bridgehead atoms. The molecule has 1 N–H and O–H groups in total. The third-order valence-corrected chi connectivity index (χ3v) is 6.15. The zero-order chi connectivity index (χ0) is 21.7. The van der Waals surface area contributed by atoms with E-state index in [0.29, 0.717) is 19.0 Å². The zero-order valence-corrected chi connectivity index (χ0v) is 19.2. The van der Waals surface area contributed by atoms with Crippen LogP contribution in [0.3, 0.4) is 0 Å². The van der Waals surface area contributed by atoms with E-state index in [4.69, 9.17) is 26.4 Å². The lowest BCUT2D eigenvalue weighted by molar-refractivity contribution is 0.215. The summed E-state index contributed by atoms with van der Waals surface area (Å²) in [5.74, 6) is 1.10. The highest BCUT2D eigenvalue weighted by atomic mass is 32.1. The largest absolute Gasteiger partial charge is 0.507 e. The summed E-state index contributed by atoms with van der Waals surface area (Å²) in [6, 6.07) is 3.90. The molecule has 1 saturated heterocycles. The first-order chi connectivity index (χ1) is 14.4. The molecule has 2 aliphatic rings. The Kier molecular flexibility index (Phi) is 7.95. The number of unbranched alkanes of at least 4 members (excludes halogenated alkanes) is 2. The van der Waals surface area contributed by atoms with Crippen LogP contribution in [0.1, 0.15) is 69.9 Å². The molecule has 164 valence electrons. The number of phenolic OH excluding ortho intramolecular Hbond substituents is 1. The highest BCUT2D eigenvalue weighted by Gasteiger charge is 2.31. The van der Waals surface area contributed by atoms with E-state index in [1.165, 1.54) is 5.57 Å². The smallest absolute Gasteiger partial charge is 0.357 e. The predicted octanol–water partition coefficient (Wildman–Crippen LogP) is 6.22. The monoisotopic (exact) mass is 430 g/mol. The van der Waals surface area contributed by atoms with Gasteiger partial charge in [-0.25, -0.2) is 0 Å². The van der Waals surface area contributed by atoms with Gasteiger partial charge in [0.25, 0.3) is 0 Å². The number of thiocarbonyl (C=S) groups is 1. The Morgan fingerprint density at radius 2 is 2.10 bits per heavy atom. The number of phenols is 1. The van der Waals surface area contributed by atoms with Gasteiger partial charge in [-0.05, 0) is 63.1 Å². The van der Waals surface area contributed by atoms with Gasteiger partial charge < -0.3 is 19.3 Å². The normalized spacial score (nSPS) is 22.9. The number of hydrogen-bond donors (Lipinski definition) is 1. The van der Waals surface area contributed by atoms with Gasteiger partial charge in [0.1, 0.15) is 24.2 Å². The van der Waals surface area contributed by atoms with Crippen LogP contribution in [0.5, 0.6) is 11.5 Å². The number of epoxide rings is 1. The highest BCUT2D eigenvalue weighted by Crippen LogP contribution is 2.47. The van der Waals surface area contributed by atoms with E-state index in [0.717, 1.165) is 55.2 Å². The molecule has 1 aromatic carbocycles. The standard InChI is InChI=1S/C25H34O4S/c1-5-6-7-8-18-12-22(26)24(21-11-17(4)9-10-20(21)16(2)3)23(13-18)29-25(30)28-15-19-14-27-19/h11-13,19-21,26H,2,5-10,14-15H2,1,3-4H3/t19?,20-,21+/m0/s1. The van der Waals surface area contributed by atoms with E-state index in [1.54, 1.807) is 0 Å². The quantitative estimate of drug-likeness (QED) is 0.218. The number of allylic oxidation sites excluding steroid dienone is 3. The van der Waals surface area contributed by atoms with Gasteiger partial charge in [-0.2, -0.15) is 0 Å². The predicted molar refractivity (Wildman–Crippen MR) is 124 cm³/mol. The first kappa shape index (κ1) is 22.8. The van der Waals surface area contributed by atoms with E-state index in [2.05, 4.69) is 33.4 Å². The molecule has 5 heteroatoms. The van der Waals surface area contributed by atoms with Gasteiger partial charge >= 0.3 is 5.24 Å². The summed E-state index contributed by atoms with van der Waals surface area (Å²) < 4.78 is 16.7. The van der Waals surface area contributed by atoms with Gasteiger partial charge in [0.2, 0.25) is 0 Å². The van der Waals surface area contributed by atoms with Crippen molar-refractivity contribution in [1.82, 2.24) is 0 Å². The first-order valence-electron chi connectivity index (χ1n) is 11.0. The minimum Gasteiger partial charge on any atom is -0.507 e. The van der Waals surface area contributed by atoms with Crippen molar-refractivity contribution in [3.63, 3.8) is 0 Å². The fourth-order valence-electron chi connectivity index (χ4n) is 4.16. The maximum atomic E-state index is 11.1. The summed E-state index contributed by atoms with van der Waals surface area (Å²) in [6.45, 7) is 11.7. The summed E-state index contributed by atoms with van der Waals surface area (Å²) in [7, 11) is 0. The molecule has 1 fully saturated rings. The highest BCUT2D eigenvalue weighted by molar-refractivity contribution is 7.79. The molecular formula is C25H34O4S. The molecule has 1 aromatic rings. The van der Waals surface area contributed by atoms with E-state index in [-0.39, 0.29) is 28.9 Å². The Hall–Kier alpha value is -1.85. The molecule has 1 heterocycles. The number of aromatic hydroxyl groups is 1. The molecule has 0 amide bonds. The van der Waals surface area contributed by atoms with Crippen LogP contribution >= 0.6 is 12.2 Å². The van der Waals surface area contributed by atoms with Crippen LogP contribution in [0.4, 0.5) is 0 Å². The summed E-state index contributed by atoms with van der Waals surface area (Å²) in [6.07, 6.45) is 8.68. The minimum absolute atomic E-state index is 0.00510. The van der Waals surface area contributed by atoms with Crippen LogP contribution in [0.2, 0.25) is 0 Å². The fourth-order valence-corrected chi connectivity index (χ4v) is 4.32. The topological polar surface area (TPSA) is 51.2 Å². The Balaban J connectivity index is 1.92. The lowest BCUT2D eigenvalue weighted by atomic mass is 9.73. The number of ether oxygens (including phenoxy) is 3. The Morgan fingerprint density at radius 1 is 1.33 bits per heavy atom. The van der Waals surface area contributed by atoms with Crippen LogP contribution in [-0.4, -0.2) is 29.7 Å². The molecule has 3 atom stereocenters. The Labute approximate surface area is 185 Å². The number of hydrogen-bond acceptors (Lipinski definition) is 5. The van der Waals surface area contributed by atoms with E-state index in [1.807, 2.05) is 12.1 Å². The van der Waals surface area contributed by atoms with E-state index < -0.39 is 0 Å². The van der Waals surface area contributed by atoms with E-state index >= 15 is 0 Å². The average molecular weight is 431 g/mol. The lowest BCUT2D eigenvalue weighted by Gasteiger charge is -2.32. The van der Waals surface area contributed by atoms with Crippen LogP contribution in [0, 0.1) is 5.92 Å². The van der Waals surface area contributed by atoms with Gasteiger partial charge in [-0.1, -0.05) is 43.6 Å². The molecule has 30 heavy (non-hydrogen) atoms. The molecular weight excluding hydrogens is 396 g/mol. The lowest BCUT2D eigenvalue weighted by Crippen LogP contribution is -2.20. The van der Waals surface area contributed by atoms with Crippen molar-refractivity contribution in [2.45, 2.75) is 71.3 Å². The summed E-state index contributed by atoms with van der Waals surface area (Å²) in [5, 5.41) is 11.1. The van der Waals surface area contributed by atoms with Crippen LogP contribution < -0.4 is 4.74 Å². The van der Waals surface area contributed by atoms with Gasteiger partial charge in [-0.3, -0.25) is 0 Å². The third-order valence-electron chi connectivity index (χ3n) is 5.95. The average Bonchev–Trinajstić information content (AvgIpc) is 3.50. The molecule has 1 unspecified atom stereocenters. The summed E-state index contributed by atoms with van der Waals surface area (Å²) >= 11 is 5.33. The number of aryl methyl sites for hydroxylation is 1. The van der Waals surface area contributed by atoms with Crippen LogP contribution in [0.15, 0.2) is 35.9 Å². The van der Waals surface area contributed by atoms with Gasteiger partial charge in [-0.15, -0.1) is 0 Å². The molecule has 0 radical (unpaired) electrons. The maximum Gasteiger partial charge on any atom is 0.357 e. The van der Waals surface area contributed by atoms with Crippen molar-refractivity contribution >= 4 is 17.5 Å². The van der Waals surface area contributed by atoms with Gasteiger partial charge in [0.05, 0.1) is 6.61 Å². The van der Waals surface area contributed by atoms with Crippen molar-refractivity contribution < 1.29 is 19.3 Å². The minimum atomic E-state index is 0.00510. The van der Waals surface area contributed by atoms with Crippen molar-refractivity contribution in [3.8, 4) is 11.5 Å². The van der Waals surface area contributed by atoms with Gasteiger partial charge in [0, 0.05) is 23.7 Å². The molecule has 0 saturated carbocycles. The second kappa shape index (κ2) is 10.5. The van der Waals surface area contributed by atoms with Crippen molar-refractivity contribution in [1.29, 1.82) is 0 Å². The van der Waals surface area contributed by atoms with Gasteiger partial charge in [0.15, 0.2) is 0 Å². The molecule has 1 aliphatic heterocycles.